The molecule has 21 heavy (non-hydrogen) atoms. The quantitative estimate of drug-likeness (QED) is 0.795. The molecule has 0 spiro atoms. The smallest absolute Gasteiger partial charge is 0.337 e. The summed E-state index contributed by atoms with van der Waals surface area (Å²) in [5.41, 5.74) is 3.82. The van der Waals surface area contributed by atoms with Crippen molar-refractivity contribution >= 4 is 16.9 Å². The first kappa shape index (κ1) is 13.4. The van der Waals surface area contributed by atoms with E-state index in [4.69, 9.17) is 0 Å². The normalized spacial score (nSPS) is 11.0. The van der Waals surface area contributed by atoms with Gasteiger partial charge in [0, 0.05) is 34.9 Å². The van der Waals surface area contributed by atoms with Crippen LogP contribution in [0.3, 0.4) is 0 Å². The van der Waals surface area contributed by atoms with Crippen molar-refractivity contribution in [1.29, 1.82) is 0 Å². The first-order chi connectivity index (χ1) is 10.1. The summed E-state index contributed by atoms with van der Waals surface area (Å²) < 4.78 is 2.19. The summed E-state index contributed by atoms with van der Waals surface area (Å²) >= 11 is 0. The second-order valence-electron chi connectivity index (χ2n) is 4.93. The molecule has 0 saturated heterocycles. The highest BCUT2D eigenvalue weighted by molar-refractivity contribution is 6.03. The average Bonchev–Trinajstić information content (AvgIpc) is 2.78. The van der Waals surface area contributed by atoms with E-state index < -0.39 is 5.97 Å². The molecule has 0 unspecified atom stereocenters. The van der Waals surface area contributed by atoms with Crippen LogP contribution in [0.25, 0.3) is 22.2 Å². The number of benzene rings is 1. The van der Waals surface area contributed by atoms with E-state index in [0.717, 1.165) is 28.7 Å². The van der Waals surface area contributed by atoms with Crippen molar-refractivity contribution in [3.05, 3.63) is 53.9 Å². The Kier molecular flexibility index (Phi) is 3.22. The summed E-state index contributed by atoms with van der Waals surface area (Å²) in [6, 6.07) is 11.3. The zero-order valence-corrected chi connectivity index (χ0v) is 12.0. The Morgan fingerprint density at radius 2 is 2.00 bits per heavy atom. The Labute approximate surface area is 122 Å². The van der Waals surface area contributed by atoms with Gasteiger partial charge in [0.2, 0.25) is 0 Å². The molecule has 0 atom stereocenters. The van der Waals surface area contributed by atoms with Crippen LogP contribution in [0.5, 0.6) is 0 Å². The maximum absolute atomic E-state index is 11.5. The largest absolute Gasteiger partial charge is 0.478 e. The summed E-state index contributed by atoms with van der Waals surface area (Å²) in [7, 11) is 0. The molecule has 0 fully saturated rings. The number of carboxylic acid groups (broad SMARTS) is 1. The number of aromatic nitrogens is 2. The fourth-order valence-electron chi connectivity index (χ4n) is 2.91. The Hall–Kier alpha value is -2.62. The van der Waals surface area contributed by atoms with Gasteiger partial charge >= 0.3 is 5.97 Å². The van der Waals surface area contributed by atoms with E-state index in [1.807, 2.05) is 25.1 Å². The van der Waals surface area contributed by atoms with Crippen molar-refractivity contribution in [1.82, 2.24) is 9.55 Å². The van der Waals surface area contributed by atoms with Crippen LogP contribution in [0.2, 0.25) is 0 Å². The van der Waals surface area contributed by atoms with Crippen LogP contribution in [0, 0.1) is 6.92 Å². The first-order valence-corrected chi connectivity index (χ1v) is 6.91. The molecule has 4 heteroatoms. The molecule has 4 nitrogen and oxygen atoms in total. The summed E-state index contributed by atoms with van der Waals surface area (Å²) in [6.45, 7) is 4.93. The molecule has 0 bridgehead atoms. The molecule has 106 valence electrons. The highest BCUT2D eigenvalue weighted by Gasteiger charge is 2.20. The van der Waals surface area contributed by atoms with Crippen LogP contribution < -0.4 is 0 Å². The number of nitrogens with zero attached hydrogens (tertiary/aromatic N) is 2. The van der Waals surface area contributed by atoms with Gasteiger partial charge in [-0.05, 0) is 32.0 Å². The molecule has 0 amide bonds. The number of hydrogen-bond donors (Lipinski definition) is 1. The van der Waals surface area contributed by atoms with Gasteiger partial charge in [-0.25, -0.2) is 4.79 Å². The van der Waals surface area contributed by atoms with E-state index in [-0.39, 0.29) is 5.56 Å². The minimum absolute atomic E-state index is 0.236. The lowest BCUT2D eigenvalue weighted by atomic mass is 10.0. The number of para-hydroxylation sites is 1. The second-order valence-corrected chi connectivity index (χ2v) is 4.93. The van der Waals surface area contributed by atoms with Crippen LogP contribution in [-0.2, 0) is 6.54 Å². The first-order valence-electron chi connectivity index (χ1n) is 6.91. The van der Waals surface area contributed by atoms with Gasteiger partial charge in [0.1, 0.15) is 0 Å². The van der Waals surface area contributed by atoms with Crippen molar-refractivity contribution in [2.45, 2.75) is 20.4 Å². The Morgan fingerprint density at radius 3 is 2.71 bits per heavy atom. The maximum atomic E-state index is 11.5. The molecular weight excluding hydrogens is 264 g/mol. The maximum Gasteiger partial charge on any atom is 0.337 e. The number of hydrogen-bond acceptors (Lipinski definition) is 2. The molecule has 0 saturated carbocycles. The third-order valence-electron chi connectivity index (χ3n) is 3.82. The van der Waals surface area contributed by atoms with E-state index in [9.17, 15) is 9.90 Å². The SMILES string of the molecule is CCn1c(C)c(-c2ncccc2C(=O)O)c2ccccc21. The lowest BCUT2D eigenvalue weighted by Crippen LogP contribution is -2.02. The van der Waals surface area contributed by atoms with E-state index >= 15 is 0 Å². The monoisotopic (exact) mass is 280 g/mol. The molecule has 1 aromatic carbocycles. The third kappa shape index (κ3) is 2.00. The van der Waals surface area contributed by atoms with Crippen LogP contribution >= 0.6 is 0 Å². The summed E-state index contributed by atoms with van der Waals surface area (Å²) in [5, 5.41) is 10.4. The van der Waals surface area contributed by atoms with E-state index in [2.05, 4.69) is 22.5 Å². The minimum atomic E-state index is -0.953. The van der Waals surface area contributed by atoms with Crippen molar-refractivity contribution in [2.75, 3.05) is 0 Å². The van der Waals surface area contributed by atoms with Crippen LogP contribution in [0.1, 0.15) is 23.0 Å². The van der Waals surface area contributed by atoms with Crippen LogP contribution in [-0.4, -0.2) is 20.6 Å². The third-order valence-corrected chi connectivity index (χ3v) is 3.82. The van der Waals surface area contributed by atoms with Crippen LogP contribution in [0.15, 0.2) is 42.6 Å². The summed E-state index contributed by atoms with van der Waals surface area (Å²) in [6.07, 6.45) is 1.64. The summed E-state index contributed by atoms with van der Waals surface area (Å²) in [5.74, 6) is -0.953. The van der Waals surface area contributed by atoms with Gasteiger partial charge in [0.25, 0.3) is 0 Å². The minimum Gasteiger partial charge on any atom is -0.478 e. The molecule has 2 heterocycles. The zero-order valence-electron chi connectivity index (χ0n) is 12.0. The number of pyridine rings is 1. The average molecular weight is 280 g/mol. The number of fused-ring (bicyclic) bond motifs is 1. The van der Waals surface area contributed by atoms with Crippen molar-refractivity contribution < 1.29 is 9.90 Å². The number of rotatable bonds is 3. The molecule has 3 rings (SSSR count). The number of carboxylic acids is 1. The van der Waals surface area contributed by atoms with Gasteiger partial charge < -0.3 is 9.67 Å². The predicted molar refractivity (Wildman–Crippen MR) is 82.5 cm³/mol. The van der Waals surface area contributed by atoms with Crippen molar-refractivity contribution in [3.8, 4) is 11.3 Å². The predicted octanol–water partition coefficient (Wildman–Crippen LogP) is 3.73. The van der Waals surface area contributed by atoms with Gasteiger partial charge in [0.05, 0.1) is 11.3 Å². The molecule has 0 aliphatic heterocycles. The van der Waals surface area contributed by atoms with Gasteiger partial charge in [-0.1, -0.05) is 18.2 Å². The molecule has 0 aliphatic carbocycles. The summed E-state index contributed by atoms with van der Waals surface area (Å²) in [4.78, 5) is 15.8. The zero-order chi connectivity index (χ0) is 15.0. The van der Waals surface area contributed by atoms with E-state index in [1.165, 1.54) is 0 Å². The highest BCUT2D eigenvalue weighted by atomic mass is 16.4. The van der Waals surface area contributed by atoms with Crippen molar-refractivity contribution in [2.24, 2.45) is 0 Å². The fraction of sp³-hybridized carbons (Fsp3) is 0.176. The molecule has 0 radical (unpaired) electrons. The van der Waals surface area contributed by atoms with E-state index in [0.29, 0.717) is 5.69 Å². The Morgan fingerprint density at radius 1 is 1.24 bits per heavy atom. The fourth-order valence-corrected chi connectivity index (χ4v) is 2.91. The highest BCUT2D eigenvalue weighted by Crippen LogP contribution is 2.35. The number of aryl methyl sites for hydroxylation is 1. The molecule has 1 N–H and O–H groups in total. The van der Waals surface area contributed by atoms with Crippen LogP contribution in [0.4, 0.5) is 0 Å². The Bertz CT molecular complexity index is 834. The molecular formula is C17H16N2O2. The number of aromatic carboxylic acids is 1. The second kappa shape index (κ2) is 5.05. The number of carbonyl (C=O) groups is 1. The van der Waals surface area contributed by atoms with Crippen molar-refractivity contribution in [3.63, 3.8) is 0 Å². The molecule has 2 aromatic heterocycles. The lowest BCUT2D eigenvalue weighted by Gasteiger charge is -2.07. The van der Waals surface area contributed by atoms with Gasteiger partial charge in [-0.2, -0.15) is 0 Å². The van der Waals surface area contributed by atoms with E-state index in [1.54, 1.807) is 18.3 Å². The molecule has 3 aromatic rings. The van der Waals surface area contributed by atoms with Gasteiger partial charge in [0.15, 0.2) is 0 Å². The van der Waals surface area contributed by atoms with Gasteiger partial charge in [-0.15, -0.1) is 0 Å². The van der Waals surface area contributed by atoms with Gasteiger partial charge in [-0.3, -0.25) is 4.98 Å². The lowest BCUT2D eigenvalue weighted by molar-refractivity contribution is 0.0697. The Balaban J connectivity index is 2.41. The topological polar surface area (TPSA) is 55.1 Å². The standard InChI is InChI=1S/C17H16N2O2/c1-3-19-11(2)15(12-7-4-5-9-14(12)19)16-13(17(20)21)8-6-10-18-16/h4-10H,3H2,1-2H3,(H,20,21). The molecule has 0 aliphatic rings.